The van der Waals surface area contributed by atoms with Crippen molar-refractivity contribution in [2.24, 2.45) is 0 Å². The van der Waals surface area contributed by atoms with E-state index in [9.17, 15) is 13.2 Å². The summed E-state index contributed by atoms with van der Waals surface area (Å²) >= 11 is 0. The molecule has 1 saturated heterocycles. The summed E-state index contributed by atoms with van der Waals surface area (Å²) in [6, 6.07) is 17.0. The Morgan fingerprint density at radius 1 is 1.11 bits per heavy atom. The summed E-state index contributed by atoms with van der Waals surface area (Å²) in [5.74, 6) is 0.481. The number of rotatable bonds is 7. The number of benzene rings is 2. The molecule has 0 unspecified atom stereocenters. The SMILES string of the molecule is CN(c1ccccc1Cn1ccc2cnc(Nc3ccc(N4CCNC(C)(C)C4=O)cc3)nc21)S(C)(=O)=O. The van der Waals surface area contributed by atoms with Crippen LogP contribution in [0.4, 0.5) is 23.0 Å². The molecule has 0 spiro atoms. The molecule has 0 saturated carbocycles. The number of para-hydroxylation sites is 1. The number of piperazine rings is 1. The minimum absolute atomic E-state index is 0.0447. The van der Waals surface area contributed by atoms with Gasteiger partial charge in [0.1, 0.15) is 5.65 Å². The topological polar surface area (TPSA) is 112 Å². The second-order valence-corrected chi connectivity index (χ2v) is 12.0. The molecule has 3 heterocycles. The lowest BCUT2D eigenvalue weighted by Gasteiger charge is -2.38. The molecule has 1 amide bonds. The second-order valence-electron chi connectivity index (χ2n) is 9.96. The van der Waals surface area contributed by atoms with Crippen LogP contribution < -0.4 is 19.8 Å². The van der Waals surface area contributed by atoms with Gasteiger partial charge in [0, 0.05) is 49.3 Å². The Morgan fingerprint density at radius 3 is 2.58 bits per heavy atom. The molecule has 5 rings (SSSR count). The van der Waals surface area contributed by atoms with Crippen LogP contribution in [-0.2, 0) is 21.4 Å². The molecule has 0 aliphatic carbocycles. The van der Waals surface area contributed by atoms with E-state index >= 15 is 0 Å². The fourth-order valence-electron chi connectivity index (χ4n) is 4.57. The third-order valence-corrected chi connectivity index (χ3v) is 7.98. The van der Waals surface area contributed by atoms with E-state index in [1.165, 1.54) is 10.6 Å². The number of carbonyl (C=O) groups is 1. The van der Waals surface area contributed by atoms with E-state index in [0.29, 0.717) is 24.7 Å². The molecule has 0 radical (unpaired) electrons. The Bertz CT molecular complexity index is 1600. The smallest absolute Gasteiger partial charge is 0.246 e. The molecule has 2 N–H and O–H groups in total. The zero-order valence-corrected chi connectivity index (χ0v) is 22.7. The van der Waals surface area contributed by atoms with Crippen molar-refractivity contribution in [1.82, 2.24) is 19.9 Å². The summed E-state index contributed by atoms with van der Waals surface area (Å²) in [7, 11) is -1.84. The van der Waals surface area contributed by atoms with Gasteiger partial charge in [0.05, 0.1) is 24.0 Å². The molecule has 10 nitrogen and oxygen atoms in total. The molecule has 1 aliphatic heterocycles. The van der Waals surface area contributed by atoms with Crippen molar-refractivity contribution in [3.8, 4) is 0 Å². The Kier molecular flexibility index (Phi) is 6.58. The number of anilines is 4. The van der Waals surface area contributed by atoms with E-state index in [1.54, 1.807) is 24.2 Å². The van der Waals surface area contributed by atoms with Gasteiger partial charge in [-0.25, -0.2) is 13.4 Å². The standard InChI is InChI=1S/C27H31N7O3S/c1-27(2)25(35)34(16-14-29-27)22-11-9-21(10-12-22)30-26-28-17-19-13-15-33(24(19)31-26)18-20-7-5-6-8-23(20)32(3)38(4,36)37/h5-13,15,17,29H,14,16,18H2,1-4H3,(H,28,30,31). The Hall–Kier alpha value is -3.96. The van der Waals surface area contributed by atoms with Gasteiger partial charge in [-0.05, 0) is 55.8 Å². The summed E-state index contributed by atoms with van der Waals surface area (Å²) in [6.45, 7) is 5.59. The van der Waals surface area contributed by atoms with Gasteiger partial charge < -0.3 is 20.1 Å². The van der Waals surface area contributed by atoms with Gasteiger partial charge in [-0.15, -0.1) is 0 Å². The molecule has 1 fully saturated rings. The van der Waals surface area contributed by atoms with Gasteiger partial charge in [-0.3, -0.25) is 9.10 Å². The van der Waals surface area contributed by atoms with E-state index in [2.05, 4.69) is 15.6 Å². The van der Waals surface area contributed by atoms with Gasteiger partial charge in [-0.2, -0.15) is 4.98 Å². The minimum atomic E-state index is -3.40. The van der Waals surface area contributed by atoms with Gasteiger partial charge in [0.2, 0.25) is 21.9 Å². The van der Waals surface area contributed by atoms with Crippen LogP contribution >= 0.6 is 0 Å². The number of nitrogens with one attached hydrogen (secondary N) is 2. The normalized spacial score (nSPS) is 15.6. The number of fused-ring (bicyclic) bond motifs is 1. The zero-order valence-electron chi connectivity index (χ0n) is 21.8. The van der Waals surface area contributed by atoms with E-state index < -0.39 is 15.6 Å². The lowest BCUT2D eigenvalue weighted by atomic mass is 10.0. The predicted molar refractivity (Wildman–Crippen MR) is 150 cm³/mol. The van der Waals surface area contributed by atoms with E-state index in [0.717, 1.165) is 34.5 Å². The van der Waals surface area contributed by atoms with Crippen LogP contribution in [0.15, 0.2) is 67.0 Å². The van der Waals surface area contributed by atoms with Crippen LogP contribution in [0.1, 0.15) is 19.4 Å². The fraction of sp³-hybridized carbons (Fsp3) is 0.296. The number of hydrogen-bond donors (Lipinski definition) is 2. The van der Waals surface area contributed by atoms with E-state index in [-0.39, 0.29) is 5.91 Å². The summed E-state index contributed by atoms with van der Waals surface area (Å²) in [6.07, 6.45) is 4.86. The molecule has 2 aromatic heterocycles. The van der Waals surface area contributed by atoms with Gasteiger partial charge in [-0.1, -0.05) is 18.2 Å². The lowest BCUT2D eigenvalue weighted by Crippen LogP contribution is -2.61. The highest BCUT2D eigenvalue weighted by molar-refractivity contribution is 7.92. The Morgan fingerprint density at radius 2 is 1.84 bits per heavy atom. The van der Waals surface area contributed by atoms with Crippen LogP contribution in [0.3, 0.4) is 0 Å². The summed E-state index contributed by atoms with van der Waals surface area (Å²) in [5.41, 5.74) is 3.26. The number of amides is 1. The zero-order chi connectivity index (χ0) is 27.1. The fourth-order valence-corrected chi connectivity index (χ4v) is 5.10. The number of carbonyl (C=O) groups excluding carboxylic acids is 1. The van der Waals surface area contributed by atoms with Crippen molar-refractivity contribution in [2.45, 2.75) is 25.9 Å². The van der Waals surface area contributed by atoms with Crippen molar-refractivity contribution in [3.63, 3.8) is 0 Å². The third-order valence-electron chi connectivity index (χ3n) is 6.79. The van der Waals surface area contributed by atoms with Crippen LogP contribution in [0.2, 0.25) is 0 Å². The van der Waals surface area contributed by atoms with Gasteiger partial charge in [0.25, 0.3) is 0 Å². The van der Waals surface area contributed by atoms with Crippen molar-refractivity contribution >= 4 is 50.0 Å². The van der Waals surface area contributed by atoms with Crippen LogP contribution in [0.25, 0.3) is 11.0 Å². The maximum absolute atomic E-state index is 12.8. The summed E-state index contributed by atoms with van der Waals surface area (Å²) < 4.78 is 27.5. The first kappa shape index (κ1) is 25.7. The first-order valence-electron chi connectivity index (χ1n) is 12.3. The number of aromatic nitrogens is 3. The predicted octanol–water partition coefficient (Wildman–Crippen LogP) is 3.33. The van der Waals surface area contributed by atoms with Crippen molar-refractivity contribution in [1.29, 1.82) is 0 Å². The summed E-state index contributed by atoms with van der Waals surface area (Å²) in [5, 5.41) is 7.37. The van der Waals surface area contributed by atoms with Gasteiger partial charge >= 0.3 is 0 Å². The highest BCUT2D eigenvalue weighted by atomic mass is 32.2. The van der Waals surface area contributed by atoms with Crippen molar-refractivity contribution in [3.05, 3.63) is 72.6 Å². The maximum atomic E-state index is 12.8. The Labute approximate surface area is 222 Å². The highest BCUT2D eigenvalue weighted by Crippen LogP contribution is 2.26. The van der Waals surface area contributed by atoms with Crippen molar-refractivity contribution < 1.29 is 13.2 Å². The first-order valence-corrected chi connectivity index (χ1v) is 14.2. The largest absolute Gasteiger partial charge is 0.328 e. The first-order chi connectivity index (χ1) is 18.0. The average Bonchev–Trinajstić information content (AvgIpc) is 3.27. The van der Waals surface area contributed by atoms with E-state index in [4.69, 9.17) is 4.98 Å². The quantitative estimate of drug-likeness (QED) is 0.375. The maximum Gasteiger partial charge on any atom is 0.246 e. The number of nitrogens with zero attached hydrogens (tertiary/aromatic N) is 5. The molecule has 2 aromatic carbocycles. The van der Waals surface area contributed by atoms with Crippen LogP contribution in [0, 0.1) is 0 Å². The highest BCUT2D eigenvalue weighted by Gasteiger charge is 2.35. The molecule has 0 bridgehead atoms. The Balaban J connectivity index is 1.37. The second kappa shape index (κ2) is 9.73. The average molecular weight is 534 g/mol. The molecule has 11 heteroatoms. The molecule has 4 aromatic rings. The summed E-state index contributed by atoms with van der Waals surface area (Å²) in [4.78, 5) is 23.8. The van der Waals surface area contributed by atoms with Crippen LogP contribution in [-0.4, -0.2) is 60.8 Å². The van der Waals surface area contributed by atoms with Crippen LogP contribution in [0.5, 0.6) is 0 Å². The lowest BCUT2D eigenvalue weighted by molar-refractivity contribution is -0.124. The molecular weight excluding hydrogens is 502 g/mol. The van der Waals surface area contributed by atoms with Crippen molar-refractivity contribution in [2.75, 3.05) is 40.9 Å². The van der Waals surface area contributed by atoms with Gasteiger partial charge in [0.15, 0.2) is 0 Å². The molecule has 1 aliphatic rings. The number of sulfonamides is 1. The van der Waals surface area contributed by atoms with E-state index in [1.807, 2.05) is 73.1 Å². The molecule has 0 atom stereocenters. The third kappa shape index (κ3) is 5.07. The monoisotopic (exact) mass is 533 g/mol. The molecular formula is C27H31N7O3S. The number of hydrogen-bond acceptors (Lipinski definition) is 7. The molecule has 198 valence electrons. The molecule has 38 heavy (non-hydrogen) atoms. The minimum Gasteiger partial charge on any atom is -0.328 e.